The quantitative estimate of drug-likeness (QED) is 0.117. The van der Waals surface area contributed by atoms with Crippen LogP contribution in [-0.4, -0.2) is 35.2 Å². The summed E-state index contributed by atoms with van der Waals surface area (Å²) in [5.74, 6) is 1.16. The first-order valence-electron chi connectivity index (χ1n) is 10.6. The number of halogens is 2. The van der Waals surface area contributed by atoms with Gasteiger partial charge in [-0.15, -0.1) is 11.8 Å². The maximum absolute atomic E-state index is 14.3. The highest BCUT2D eigenvalue weighted by atomic mass is 32.2. The standard InChI is InChI=1S/C22H36F2O3S2/c1-4-6-7-8-9-10-11-12-13-14-15-16-17-18-19(27-21(28)29-3)22(23,24)20(25)26-5-2/h19H,4-7,10-18H2,1-3H3. The second-order valence-corrected chi connectivity index (χ2v) is 8.28. The predicted octanol–water partition coefficient (Wildman–Crippen LogP) is 6.92. The van der Waals surface area contributed by atoms with E-state index in [1.54, 1.807) is 6.26 Å². The molecule has 0 aliphatic heterocycles. The van der Waals surface area contributed by atoms with Gasteiger partial charge >= 0.3 is 11.9 Å². The Morgan fingerprint density at radius 1 is 1.00 bits per heavy atom. The molecule has 1 atom stereocenters. The lowest BCUT2D eigenvalue weighted by molar-refractivity contribution is -0.186. The Bertz CT molecular complexity index is 516. The first kappa shape index (κ1) is 28.1. The predicted molar refractivity (Wildman–Crippen MR) is 121 cm³/mol. The van der Waals surface area contributed by atoms with E-state index in [1.165, 1.54) is 19.8 Å². The van der Waals surface area contributed by atoms with Crippen LogP contribution in [0.25, 0.3) is 0 Å². The van der Waals surface area contributed by atoms with E-state index in [0.29, 0.717) is 6.42 Å². The number of hydrogen-bond donors (Lipinski definition) is 0. The third-order valence-electron chi connectivity index (χ3n) is 4.41. The van der Waals surface area contributed by atoms with Gasteiger partial charge in [-0.1, -0.05) is 57.2 Å². The van der Waals surface area contributed by atoms with Gasteiger partial charge in [0.05, 0.1) is 6.61 Å². The summed E-state index contributed by atoms with van der Waals surface area (Å²) in [6, 6.07) is 0. The van der Waals surface area contributed by atoms with Gasteiger partial charge < -0.3 is 9.47 Å². The number of alkyl halides is 2. The minimum atomic E-state index is -3.70. The smallest absolute Gasteiger partial charge is 0.381 e. The van der Waals surface area contributed by atoms with Gasteiger partial charge in [0.1, 0.15) is 0 Å². The summed E-state index contributed by atoms with van der Waals surface area (Å²) < 4.78 is 38.3. The zero-order valence-electron chi connectivity index (χ0n) is 18.1. The number of thioether (sulfide) groups is 1. The number of carbonyl (C=O) groups excluding carboxylic acids is 1. The lowest BCUT2D eigenvalue weighted by Gasteiger charge is -2.25. The van der Waals surface area contributed by atoms with Crippen molar-refractivity contribution in [2.75, 3.05) is 12.9 Å². The van der Waals surface area contributed by atoms with Crippen LogP contribution in [0.5, 0.6) is 0 Å². The number of hydrogen-bond acceptors (Lipinski definition) is 5. The summed E-state index contributed by atoms with van der Waals surface area (Å²) in [4.78, 5) is 11.6. The fourth-order valence-corrected chi connectivity index (χ4v) is 3.03. The molecular formula is C22H36F2O3S2. The van der Waals surface area contributed by atoms with Crippen molar-refractivity contribution < 1.29 is 23.0 Å². The summed E-state index contributed by atoms with van der Waals surface area (Å²) in [7, 11) is 0. The molecule has 0 N–H and O–H groups in total. The second kappa shape index (κ2) is 17.9. The first-order chi connectivity index (χ1) is 13.9. The van der Waals surface area contributed by atoms with Crippen LogP contribution >= 0.6 is 24.0 Å². The molecule has 0 aromatic heterocycles. The van der Waals surface area contributed by atoms with E-state index in [-0.39, 0.29) is 17.4 Å². The van der Waals surface area contributed by atoms with Crippen LogP contribution < -0.4 is 0 Å². The largest absolute Gasteiger partial charge is 0.468 e. The molecule has 0 fully saturated rings. The highest BCUT2D eigenvalue weighted by molar-refractivity contribution is 8.22. The van der Waals surface area contributed by atoms with Gasteiger partial charge in [0, 0.05) is 12.8 Å². The van der Waals surface area contributed by atoms with Crippen molar-refractivity contribution in [1.82, 2.24) is 0 Å². The van der Waals surface area contributed by atoms with E-state index < -0.39 is 18.0 Å². The SMILES string of the molecule is CCCCC#CCCCCCCCCCC(OC(=S)SC)C(F)(F)C(=O)OCC. The van der Waals surface area contributed by atoms with E-state index in [2.05, 4.69) is 23.5 Å². The molecule has 0 spiro atoms. The van der Waals surface area contributed by atoms with Crippen molar-refractivity contribution >= 4 is 34.3 Å². The molecule has 0 aliphatic rings. The van der Waals surface area contributed by atoms with Crippen LogP contribution in [0.1, 0.15) is 90.9 Å². The maximum atomic E-state index is 14.3. The Kier molecular flexibility index (Phi) is 17.4. The number of carbonyl (C=O) groups is 1. The molecule has 168 valence electrons. The van der Waals surface area contributed by atoms with Gasteiger partial charge in [-0.25, -0.2) is 4.79 Å². The van der Waals surface area contributed by atoms with Crippen LogP contribution in [0, 0.1) is 11.8 Å². The summed E-state index contributed by atoms with van der Waals surface area (Å²) in [6.45, 7) is 3.56. The molecule has 1 unspecified atom stereocenters. The Hall–Kier alpha value is -0.870. The van der Waals surface area contributed by atoms with Gasteiger partial charge in [0.25, 0.3) is 0 Å². The normalized spacial score (nSPS) is 12.0. The molecule has 0 aromatic rings. The molecule has 0 radical (unpaired) electrons. The molecule has 7 heteroatoms. The van der Waals surface area contributed by atoms with Crippen molar-refractivity contribution in [3.05, 3.63) is 0 Å². The average Bonchev–Trinajstić information content (AvgIpc) is 2.70. The topological polar surface area (TPSA) is 35.5 Å². The van der Waals surface area contributed by atoms with Crippen LogP contribution in [-0.2, 0) is 14.3 Å². The molecule has 3 nitrogen and oxygen atoms in total. The molecular weight excluding hydrogens is 414 g/mol. The molecule has 0 saturated carbocycles. The van der Waals surface area contributed by atoms with Gasteiger partial charge in [-0.3, -0.25) is 0 Å². The molecule has 29 heavy (non-hydrogen) atoms. The minimum absolute atomic E-state index is 0.0109. The van der Waals surface area contributed by atoms with E-state index in [9.17, 15) is 13.6 Å². The van der Waals surface area contributed by atoms with Crippen molar-refractivity contribution in [2.24, 2.45) is 0 Å². The summed E-state index contributed by atoms with van der Waals surface area (Å²) in [6.07, 6.45) is 11.3. The van der Waals surface area contributed by atoms with Crippen LogP contribution in [0.4, 0.5) is 8.78 Å². The molecule has 0 aromatic carbocycles. The third-order valence-corrected chi connectivity index (χ3v) is 5.43. The molecule has 0 bridgehead atoms. The molecule has 0 rings (SSSR count). The highest BCUT2D eigenvalue weighted by Crippen LogP contribution is 2.29. The first-order valence-corrected chi connectivity index (χ1v) is 12.3. The van der Waals surface area contributed by atoms with Crippen LogP contribution in [0.2, 0.25) is 0 Å². The lowest BCUT2D eigenvalue weighted by atomic mass is 10.0. The Morgan fingerprint density at radius 2 is 1.55 bits per heavy atom. The second-order valence-electron chi connectivity index (χ2n) is 6.87. The zero-order chi connectivity index (χ0) is 22.0. The summed E-state index contributed by atoms with van der Waals surface area (Å²) in [5, 5.41) is 0. The van der Waals surface area contributed by atoms with E-state index in [1.807, 2.05) is 0 Å². The number of esters is 1. The van der Waals surface area contributed by atoms with Gasteiger partial charge in [-0.05, 0) is 51.1 Å². The summed E-state index contributed by atoms with van der Waals surface area (Å²) >= 11 is 5.97. The number of unbranched alkanes of at least 4 members (excludes halogenated alkanes) is 9. The zero-order valence-corrected chi connectivity index (χ0v) is 19.7. The molecule has 0 saturated heterocycles. The van der Waals surface area contributed by atoms with Crippen molar-refractivity contribution in [3.8, 4) is 11.8 Å². The van der Waals surface area contributed by atoms with Gasteiger partial charge in [-0.2, -0.15) is 8.78 Å². The monoisotopic (exact) mass is 450 g/mol. The Balaban J connectivity index is 4.08. The summed E-state index contributed by atoms with van der Waals surface area (Å²) in [5.41, 5.74) is 0. The Morgan fingerprint density at radius 3 is 2.10 bits per heavy atom. The lowest BCUT2D eigenvalue weighted by Crippen LogP contribution is -2.44. The van der Waals surface area contributed by atoms with Crippen molar-refractivity contribution in [1.29, 1.82) is 0 Å². The van der Waals surface area contributed by atoms with Crippen molar-refractivity contribution in [3.63, 3.8) is 0 Å². The minimum Gasteiger partial charge on any atom is -0.468 e. The van der Waals surface area contributed by atoms with E-state index in [0.717, 1.165) is 63.1 Å². The maximum Gasteiger partial charge on any atom is 0.381 e. The molecule has 0 aliphatic carbocycles. The number of rotatable bonds is 15. The van der Waals surface area contributed by atoms with Crippen LogP contribution in [0.3, 0.4) is 0 Å². The fraction of sp³-hybridized carbons (Fsp3) is 0.818. The third kappa shape index (κ3) is 13.9. The number of thiocarbonyl (C=S) groups is 1. The molecule has 0 amide bonds. The van der Waals surface area contributed by atoms with Crippen molar-refractivity contribution in [2.45, 2.75) is 103 Å². The fourth-order valence-electron chi connectivity index (χ4n) is 2.71. The van der Waals surface area contributed by atoms with E-state index in [4.69, 9.17) is 17.0 Å². The molecule has 0 heterocycles. The van der Waals surface area contributed by atoms with Gasteiger partial charge in [0.15, 0.2) is 6.10 Å². The van der Waals surface area contributed by atoms with Crippen LogP contribution in [0.15, 0.2) is 0 Å². The average molecular weight is 451 g/mol. The highest BCUT2D eigenvalue weighted by Gasteiger charge is 2.50. The van der Waals surface area contributed by atoms with Gasteiger partial charge in [0.2, 0.25) is 4.38 Å². The van der Waals surface area contributed by atoms with E-state index >= 15 is 0 Å². The number of ether oxygens (including phenoxy) is 2. The Labute approximate surface area is 185 Å².